The lowest BCUT2D eigenvalue weighted by atomic mass is 9.76. The highest BCUT2D eigenvalue weighted by Gasteiger charge is 2.52. The Bertz CT molecular complexity index is 1020. The minimum absolute atomic E-state index is 0.245. The van der Waals surface area contributed by atoms with E-state index in [1.807, 2.05) is 0 Å². The molecule has 2 fully saturated rings. The average molecular weight is 439 g/mol. The van der Waals surface area contributed by atoms with Gasteiger partial charge in [-0.05, 0) is 49.4 Å². The van der Waals surface area contributed by atoms with E-state index in [0.29, 0.717) is 29.3 Å². The van der Waals surface area contributed by atoms with Crippen LogP contribution in [0.25, 0.3) is 0 Å². The normalized spacial score (nSPS) is 22.9. The number of rotatable bonds is 5. The SMILES string of the molecule is C[C@@H]1CC[C@@H]2C(=O)N(N(CC(=O)c3ccccc3)C(=O)c3ccc(Cl)cc3)C(=O)[C@@H]2C1. The van der Waals surface area contributed by atoms with Crippen molar-refractivity contribution in [2.75, 3.05) is 6.54 Å². The molecule has 0 aromatic heterocycles. The summed E-state index contributed by atoms with van der Waals surface area (Å²) in [4.78, 5) is 52.7. The number of carbonyl (C=O) groups excluding carboxylic acids is 4. The van der Waals surface area contributed by atoms with E-state index in [1.54, 1.807) is 42.5 Å². The number of imide groups is 1. The molecular formula is C24H23ClN2O4. The van der Waals surface area contributed by atoms with Crippen molar-refractivity contribution in [1.29, 1.82) is 0 Å². The Morgan fingerprint density at radius 2 is 1.58 bits per heavy atom. The summed E-state index contributed by atoms with van der Waals surface area (Å²) >= 11 is 5.93. The van der Waals surface area contributed by atoms with Crippen molar-refractivity contribution >= 4 is 35.1 Å². The van der Waals surface area contributed by atoms with Crippen LogP contribution < -0.4 is 0 Å². The van der Waals surface area contributed by atoms with Crippen LogP contribution in [-0.4, -0.2) is 40.1 Å². The molecule has 1 saturated heterocycles. The summed E-state index contributed by atoms with van der Waals surface area (Å²) in [6.07, 6.45) is 2.09. The largest absolute Gasteiger partial charge is 0.292 e. The van der Waals surface area contributed by atoms with Gasteiger partial charge in [0.2, 0.25) is 0 Å². The second kappa shape index (κ2) is 8.63. The van der Waals surface area contributed by atoms with Crippen molar-refractivity contribution in [3.63, 3.8) is 0 Å². The van der Waals surface area contributed by atoms with E-state index in [0.717, 1.165) is 16.4 Å². The highest BCUT2D eigenvalue weighted by Crippen LogP contribution is 2.41. The molecule has 2 aromatic carbocycles. The maximum Gasteiger partial charge on any atom is 0.273 e. The molecule has 1 aliphatic carbocycles. The summed E-state index contributed by atoms with van der Waals surface area (Å²) in [5, 5.41) is 2.38. The Labute approximate surface area is 185 Å². The van der Waals surface area contributed by atoms with E-state index in [1.165, 1.54) is 12.1 Å². The molecule has 2 aliphatic rings. The molecule has 7 heteroatoms. The number of hydrogen-bond acceptors (Lipinski definition) is 4. The van der Waals surface area contributed by atoms with Gasteiger partial charge in [0.05, 0.1) is 11.8 Å². The molecule has 0 unspecified atom stereocenters. The maximum absolute atomic E-state index is 13.4. The van der Waals surface area contributed by atoms with Gasteiger partial charge in [0.25, 0.3) is 17.7 Å². The van der Waals surface area contributed by atoms with Crippen LogP contribution in [0.4, 0.5) is 0 Å². The molecule has 0 N–H and O–H groups in total. The van der Waals surface area contributed by atoms with Crippen LogP contribution >= 0.6 is 11.6 Å². The fourth-order valence-corrected chi connectivity index (χ4v) is 4.56. The van der Waals surface area contributed by atoms with E-state index < -0.39 is 36.1 Å². The van der Waals surface area contributed by atoms with Gasteiger partial charge in [-0.3, -0.25) is 19.2 Å². The molecule has 3 atom stereocenters. The van der Waals surface area contributed by atoms with Gasteiger partial charge >= 0.3 is 0 Å². The van der Waals surface area contributed by atoms with Crippen LogP contribution in [0, 0.1) is 17.8 Å². The van der Waals surface area contributed by atoms with Crippen molar-refractivity contribution in [2.24, 2.45) is 17.8 Å². The smallest absolute Gasteiger partial charge is 0.273 e. The summed E-state index contributed by atoms with van der Waals surface area (Å²) < 4.78 is 0. The topological polar surface area (TPSA) is 74.8 Å². The lowest BCUT2D eigenvalue weighted by molar-refractivity contribution is -0.154. The second-order valence-corrected chi connectivity index (χ2v) is 8.71. The van der Waals surface area contributed by atoms with Gasteiger partial charge in [-0.2, -0.15) is 5.01 Å². The highest BCUT2D eigenvalue weighted by atomic mass is 35.5. The molecule has 0 bridgehead atoms. The zero-order valence-corrected chi connectivity index (χ0v) is 17.9. The number of halogens is 1. The fourth-order valence-electron chi connectivity index (χ4n) is 4.44. The van der Waals surface area contributed by atoms with Gasteiger partial charge in [0, 0.05) is 16.1 Å². The number of ketones is 1. The number of hydrazine groups is 1. The van der Waals surface area contributed by atoms with E-state index in [4.69, 9.17) is 11.6 Å². The fraction of sp³-hybridized carbons (Fsp3) is 0.333. The molecule has 160 valence electrons. The van der Waals surface area contributed by atoms with Gasteiger partial charge in [0.15, 0.2) is 5.78 Å². The molecule has 0 spiro atoms. The zero-order chi connectivity index (χ0) is 22.1. The van der Waals surface area contributed by atoms with Crippen LogP contribution in [0.15, 0.2) is 54.6 Å². The summed E-state index contributed by atoms with van der Waals surface area (Å²) in [5.74, 6) is -2.28. The lowest BCUT2D eigenvalue weighted by Gasteiger charge is -2.30. The molecular weight excluding hydrogens is 416 g/mol. The van der Waals surface area contributed by atoms with Crippen molar-refractivity contribution in [3.05, 3.63) is 70.7 Å². The first kappa shape index (κ1) is 21.2. The Hall–Kier alpha value is -2.99. The minimum atomic E-state index is -0.589. The third kappa shape index (κ3) is 4.12. The number of Topliss-reactive ketones (excluding diaryl/α,β-unsaturated/α-hetero) is 1. The number of carbonyl (C=O) groups is 4. The van der Waals surface area contributed by atoms with E-state index >= 15 is 0 Å². The summed E-state index contributed by atoms with van der Waals surface area (Å²) in [5.41, 5.74) is 0.649. The van der Waals surface area contributed by atoms with Crippen LogP contribution in [0.1, 0.15) is 46.9 Å². The third-order valence-electron chi connectivity index (χ3n) is 6.12. The monoisotopic (exact) mass is 438 g/mol. The van der Waals surface area contributed by atoms with Crippen molar-refractivity contribution in [1.82, 2.24) is 10.0 Å². The average Bonchev–Trinajstić information content (AvgIpc) is 3.02. The van der Waals surface area contributed by atoms with Gasteiger partial charge in [-0.1, -0.05) is 48.9 Å². The van der Waals surface area contributed by atoms with E-state index in [-0.39, 0.29) is 11.3 Å². The van der Waals surface area contributed by atoms with E-state index in [9.17, 15) is 19.2 Å². The van der Waals surface area contributed by atoms with Crippen molar-refractivity contribution in [3.8, 4) is 0 Å². The van der Waals surface area contributed by atoms with Gasteiger partial charge in [-0.25, -0.2) is 5.01 Å². The molecule has 1 heterocycles. The summed E-state index contributed by atoms with van der Waals surface area (Å²) in [6, 6.07) is 14.7. The molecule has 1 saturated carbocycles. The van der Waals surface area contributed by atoms with Gasteiger partial charge < -0.3 is 0 Å². The highest BCUT2D eigenvalue weighted by molar-refractivity contribution is 6.30. The quantitative estimate of drug-likeness (QED) is 0.522. The maximum atomic E-state index is 13.4. The second-order valence-electron chi connectivity index (χ2n) is 8.28. The Morgan fingerprint density at radius 3 is 2.26 bits per heavy atom. The Kier molecular flexibility index (Phi) is 5.92. The Morgan fingerprint density at radius 1 is 0.935 bits per heavy atom. The van der Waals surface area contributed by atoms with Crippen LogP contribution in [-0.2, 0) is 9.59 Å². The third-order valence-corrected chi connectivity index (χ3v) is 6.37. The molecule has 2 aromatic rings. The summed E-state index contributed by atoms with van der Waals surface area (Å²) in [6.45, 7) is 1.66. The molecule has 3 amide bonds. The molecule has 1 aliphatic heterocycles. The number of amides is 3. The molecule has 0 radical (unpaired) electrons. The lowest BCUT2D eigenvalue weighted by Crippen LogP contribution is -2.52. The van der Waals surface area contributed by atoms with Gasteiger partial charge in [0.1, 0.15) is 6.54 Å². The predicted molar refractivity (Wildman–Crippen MR) is 115 cm³/mol. The molecule has 31 heavy (non-hydrogen) atoms. The van der Waals surface area contributed by atoms with Crippen LogP contribution in [0.2, 0.25) is 5.02 Å². The first-order chi connectivity index (χ1) is 14.9. The predicted octanol–water partition coefficient (Wildman–Crippen LogP) is 4.00. The standard InChI is InChI=1S/C24H23ClN2O4/c1-15-7-12-19-20(13-15)24(31)27(23(19)30)26(14-21(28)16-5-3-2-4-6-16)22(29)17-8-10-18(25)11-9-17/h2-6,8-11,15,19-20H,7,12-14H2,1H3/t15-,19+,20-/m1/s1. The first-order valence-electron chi connectivity index (χ1n) is 10.4. The van der Waals surface area contributed by atoms with Crippen molar-refractivity contribution in [2.45, 2.75) is 26.2 Å². The number of hydrogen-bond donors (Lipinski definition) is 0. The van der Waals surface area contributed by atoms with Gasteiger partial charge in [-0.15, -0.1) is 0 Å². The number of nitrogens with zero attached hydrogens (tertiary/aromatic N) is 2. The molecule has 6 nitrogen and oxygen atoms in total. The number of benzene rings is 2. The minimum Gasteiger partial charge on any atom is -0.292 e. The van der Waals surface area contributed by atoms with Crippen LogP contribution in [0.3, 0.4) is 0 Å². The first-order valence-corrected chi connectivity index (χ1v) is 10.8. The van der Waals surface area contributed by atoms with Crippen molar-refractivity contribution < 1.29 is 19.2 Å². The van der Waals surface area contributed by atoms with E-state index in [2.05, 4.69) is 6.92 Å². The Balaban J connectivity index is 1.68. The molecule has 4 rings (SSSR count). The summed E-state index contributed by atoms with van der Waals surface area (Å²) in [7, 11) is 0. The van der Waals surface area contributed by atoms with Crippen LogP contribution in [0.5, 0.6) is 0 Å². The number of fused-ring (bicyclic) bond motifs is 1. The zero-order valence-electron chi connectivity index (χ0n) is 17.2.